The maximum Gasteiger partial charge on any atom is 0.0540 e. The van der Waals surface area contributed by atoms with Crippen molar-refractivity contribution in [3.63, 3.8) is 0 Å². The van der Waals surface area contributed by atoms with Gasteiger partial charge in [-0.1, -0.05) is 17.7 Å². The van der Waals surface area contributed by atoms with Gasteiger partial charge in [-0.25, -0.2) is 0 Å². The molecule has 1 heterocycles. The summed E-state index contributed by atoms with van der Waals surface area (Å²) in [6.45, 7) is 7.00. The maximum absolute atomic E-state index is 6.22. The third kappa shape index (κ3) is 2.48. The monoisotopic (exact) mass is 267 g/mol. The number of hydrogen-bond acceptors (Lipinski definition) is 3. The molecule has 100 valence electrons. The number of nitrogens with two attached hydrogens (primary N) is 1. The van der Waals surface area contributed by atoms with E-state index in [1.165, 1.54) is 5.69 Å². The average molecular weight is 268 g/mol. The van der Waals surface area contributed by atoms with Gasteiger partial charge in [-0.05, 0) is 38.6 Å². The predicted molar refractivity (Wildman–Crippen MR) is 78.5 cm³/mol. The van der Waals surface area contributed by atoms with Crippen LogP contribution in [0.5, 0.6) is 0 Å². The van der Waals surface area contributed by atoms with E-state index in [9.17, 15) is 0 Å². The first-order valence-electron chi connectivity index (χ1n) is 6.46. The Bertz CT molecular complexity index is 422. The minimum absolute atomic E-state index is 0.364. The Morgan fingerprint density at radius 1 is 1.39 bits per heavy atom. The second kappa shape index (κ2) is 5.47. The normalized spacial score (nSPS) is 25.5. The van der Waals surface area contributed by atoms with E-state index < -0.39 is 0 Å². The Kier molecular flexibility index (Phi) is 4.15. The molecular formula is C14H22ClN3. The highest BCUT2D eigenvalue weighted by atomic mass is 35.5. The van der Waals surface area contributed by atoms with Crippen molar-refractivity contribution < 1.29 is 0 Å². The molecule has 1 aromatic rings. The zero-order valence-corrected chi connectivity index (χ0v) is 12.1. The fraction of sp³-hybridized carbons (Fsp3) is 0.571. The molecule has 2 unspecified atom stereocenters. The van der Waals surface area contributed by atoms with Crippen molar-refractivity contribution in [1.82, 2.24) is 4.90 Å². The summed E-state index contributed by atoms with van der Waals surface area (Å²) in [7, 11) is 2.16. The Labute approximate surface area is 115 Å². The molecule has 0 amide bonds. The first-order valence-corrected chi connectivity index (χ1v) is 6.84. The van der Waals surface area contributed by atoms with Gasteiger partial charge in [-0.2, -0.15) is 0 Å². The van der Waals surface area contributed by atoms with E-state index in [1.807, 2.05) is 12.1 Å². The molecule has 2 N–H and O–H groups in total. The molecule has 2 rings (SSSR count). The SMILES string of the molecule is Cc1c(Cl)cccc1N1CC(C)N(C)CC1CN. The van der Waals surface area contributed by atoms with E-state index in [0.29, 0.717) is 18.6 Å². The van der Waals surface area contributed by atoms with E-state index in [4.69, 9.17) is 17.3 Å². The first kappa shape index (κ1) is 13.7. The van der Waals surface area contributed by atoms with Gasteiger partial charge in [0.15, 0.2) is 0 Å². The van der Waals surface area contributed by atoms with Gasteiger partial charge in [-0.3, -0.25) is 4.90 Å². The lowest BCUT2D eigenvalue weighted by Gasteiger charge is -2.45. The highest BCUT2D eigenvalue weighted by Gasteiger charge is 2.29. The lowest BCUT2D eigenvalue weighted by molar-refractivity contribution is 0.202. The Morgan fingerprint density at radius 3 is 2.78 bits per heavy atom. The van der Waals surface area contributed by atoms with Gasteiger partial charge in [0, 0.05) is 36.4 Å². The molecule has 0 bridgehead atoms. The third-order valence-electron chi connectivity index (χ3n) is 3.97. The van der Waals surface area contributed by atoms with E-state index in [-0.39, 0.29) is 0 Å². The molecule has 18 heavy (non-hydrogen) atoms. The smallest absolute Gasteiger partial charge is 0.0540 e. The molecule has 0 aliphatic carbocycles. The van der Waals surface area contributed by atoms with Crippen LogP contribution in [0.1, 0.15) is 12.5 Å². The molecule has 4 heteroatoms. The van der Waals surface area contributed by atoms with Crippen molar-refractivity contribution in [2.45, 2.75) is 25.9 Å². The Hall–Kier alpha value is -0.770. The highest BCUT2D eigenvalue weighted by Crippen LogP contribution is 2.30. The van der Waals surface area contributed by atoms with Crippen molar-refractivity contribution in [1.29, 1.82) is 0 Å². The number of benzene rings is 1. The van der Waals surface area contributed by atoms with Crippen LogP contribution in [-0.4, -0.2) is 43.7 Å². The number of halogens is 1. The van der Waals surface area contributed by atoms with Crippen molar-refractivity contribution >= 4 is 17.3 Å². The van der Waals surface area contributed by atoms with Crippen LogP contribution in [0.25, 0.3) is 0 Å². The fourth-order valence-electron chi connectivity index (χ4n) is 2.59. The summed E-state index contributed by atoms with van der Waals surface area (Å²) in [6, 6.07) is 7.00. The Balaban J connectivity index is 2.32. The molecular weight excluding hydrogens is 246 g/mol. The van der Waals surface area contributed by atoms with Crippen LogP contribution >= 0.6 is 11.6 Å². The molecule has 0 radical (unpaired) electrons. The number of hydrogen-bond donors (Lipinski definition) is 1. The summed E-state index contributed by atoms with van der Waals surface area (Å²) in [5.74, 6) is 0. The number of rotatable bonds is 2. The van der Waals surface area contributed by atoms with Gasteiger partial charge in [0.05, 0.1) is 6.04 Å². The zero-order valence-electron chi connectivity index (χ0n) is 11.4. The fourth-order valence-corrected chi connectivity index (χ4v) is 2.76. The summed E-state index contributed by atoms with van der Waals surface area (Å²) in [5.41, 5.74) is 8.29. The molecule has 0 aromatic heterocycles. The number of nitrogens with zero attached hydrogens (tertiary/aromatic N) is 2. The molecule has 1 fully saturated rings. The van der Waals surface area contributed by atoms with Gasteiger partial charge in [0.25, 0.3) is 0 Å². The van der Waals surface area contributed by atoms with Crippen LogP contribution in [0.15, 0.2) is 18.2 Å². The summed E-state index contributed by atoms with van der Waals surface area (Å²) in [5, 5.41) is 0.829. The molecule has 0 spiro atoms. The zero-order chi connectivity index (χ0) is 13.3. The van der Waals surface area contributed by atoms with Crippen LogP contribution < -0.4 is 10.6 Å². The molecule has 1 aromatic carbocycles. The summed E-state index contributed by atoms with van der Waals surface area (Å²) in [4.78, 5) is 4.78. The summed E-state index contributed by atoms with van der Waals surface area (Å²) < 4.78 is 0. The number of likely N-dealkylation sites (N-methyl/N-ethyl adjacent to an activating group) is 1. The van der Waals surface area contributed by atoms with Crippen molar-refractivity contribution in [2.24, 2.45) is 5.73 Å². The maximum atomic E-state index is 6.22. The Morgan fingerprint density at radius 2 is 2.11 bits per heavy atom. The number of anilines is 1. The highest BCUT2D eigenvalue weighted by molar-refractivity contribution is 6.31. The third-order valence-corrected chi connectivity index (χ3v) is 4.38. The second-order valence-electron chi connectivity index (χ2n) is 5.21. The molecule has 1 saturated heterocycles. The van der Waals surface area contributed by atoms with Gasteiger partial charge >= 0.3 is 0 Å². The second-order valence-corrected chi connectivity index (χ2v) is 5.62. The van der Waals surface area contributed by atoms with Gasteiger partial charge in [0.2, 0.25) is 0 Å². The summed E-state index contributed by atoms with van der Waals surface area (Å²) >= 11 is 6.22. The van der Waals surface area contributed by atoms with Crippen LogP contribution in [0, 0.1) is 6.92 Å². The van der Waals surface area contributed by atoms with Crippen LogP contribution in [-0.2, 0) is 0 Å². The van der Waals surface area contributed by atoms with Crippen LogP contribution in [0.4, 0.5) is 5.69 Å². The largest absolute Gasteiger partial charge is 0.364 e. The van der Waals surface area contributed by atoms with E-state index in [2.05, 4.69) is 36.8 Å². The molecule has 0 saturated carbocycles. The van der Waals surface area contributed by atoms with Crippen LogP contribution in [0.2, 0.25) is 5.02 Å². The molecule has 2 atom stereocenters. The van der Waals surface area contributed by atoms with Crippen molar-refractivity contribution in [2.75, 3.05) is 31.6 Å². The van der Waals surface area contributed by atoms with E-state index in [0.717, 1.165) is 23.7 Å². The molecule has 3 nitrogen and oxygen atoms in total. The lowest BCUT2D eigenvalue weighted by atomic mass is 10.0. The predicted octanol–water partition coefficient (Wildman–Crippen LogP) is 2.12. The average Bonchev–Trinajstić information content (AvgIpc) is 2.36. The van der Waals surface area contributed by atoms with Crippen LogP contribution in [0.3, 0.4) is 0 Å². The van der Waals surface area contributed by atoms with Crippen molar-refractivity contribution in [3.05, 3.63) is 28.8 Å². The lowest BCUT2D eigenvalue weighted by Crippen LogP contribution is -2.58. The topological polar surface area (TPSA) is 32.5 Å². The standard InChI is InChI=1S/C14H22ClN3/c1-10-8-18(12(7-16)9-17(10)3)14-6-4-5-13(15)11(14)2/h4-6,10,12H,7-9,16H2,1-3H3. The summed E-state index contributed by atoms with van der Waals surface area (Å²) in [6.07, 6.45) is 0. The molecule has 1 aliphatic rings. The quantitative estimate of drug-likeness (QED) is 0.891. The van der Waals surface area contributed by atoms with Gasteiger partial charge in [-0.15, -0.1) is 0 Å². The van der Waals surface area contributed by atoms with Gasteiger partial charge in [0.1, 0.15) is 0 Å². The number of piperazine rings is 1. The minimum Gasteiger partial charge on any atom is -0.364 e. The van der Waals surface area contributed by atoms with E-state index >= 15 is 0 Å². The van der Waals surface area contributed by atoms with Crippen molar-refractivity contribution in [3.8, 4) is 0 Å². The van der Waals surface area contributed by atoms with Gasteiger partial charge < -0.3 is 10.6 Å². The minimum atomic E-state index is 0.364. The molecule has 1 aliphatic heterocycles. The first-order chi connectivity index (χ1) is 8.54. The van der Waals surface area contributed by atoms with E-state index in [1.54, 1.807) is 0 Å².